The first-order chi connectivity index (χ1) is 9.19. The molecular weight excluding hydrogens is 234 g/mol. The Labute approximate surface area is 110 Å². The van der Waals surface area contributed by atoms with Crippen LogP contribution in [0.1, 0.15) is 6.92 Å². The Bertz CT molecular complexity index is 884. The highest BCUT2D eigenvalue weighted by Gasteiger charge is 1.98. The molecule has 2 aromatic carbocycles. The number of nitriles is 2. The maximum atomic E-state index is 8.88. The minimum atomic E-state index is 0.0887. The first-order valence-corrected chi connectivity index (χ1v) is 5.62. The van der Waals surface area contributed by atoms with Crippen LogP contribution in [-0.4, -0.2) is 0 Å². The van der Waals surface area contributed by atoms with Crippen molar-refractivity contribution in [1.82, 2.24) is 0 Å². The molecule has 0 aliphatic rings. The molecule has 0 aliphatic carbocycles. The quantitative estimate of drug-likeness (QED) is 0.665. The van der Waals surface area contributed by atoms with Crippen molar-refractivity contribution in [2.24, 2.45) is 0 Å². The third-order valence-electron chi connectivity index (χ3n) is 2.93. The lowest BCUT2D eigenvalue weighted by Gasteiger charge is -1.98. The molecule has 0 radical (unpaired) electrons. The van der Waals surface area contributed by atoms with E-state index in [9.17, 15) is 0 Å². The second kappa shape index (κ2) is 5.05. The lowest BCUT2D eigenvalue weighted by atomic mass is 10.1. The van der Waals surface area contributed by atoms with Gasteiger partial charge >= 0.3 is 0 Å². The Morgan fingerprint density at radius 1 is 1.00 bits per heavy atom. The molecule has 0 heterocycles. The van der Waals surface area contributed by atoms with Crippen LogP contribution in [0.4, 0.5) is 0 Å². The zero-order valence-electron chi connectivity index (χ0n) is 10.3. The van der Waals surface area contributed by atoms with Crippen molar-refractivity contribution in [3.05, 3.63) is 58.3 Å². The molecule has 2 aromatic rings. The lowest BCUT2D eigenvalue weighted by molar-refractivity contribution is 1.49. The lowest BCUT2D eigenvalue weighted by Crippen LogP contribution is -2.05. The number of hydrogen-bond donors (Lipinski definition) is 0. The van der Waals surface area contributed by atoms with Gasteiger partial charge in [0.1, 0.15) is 0 Å². The number of rotatable bonds is 0. The highest BCUT2D eigenvalue weighted by molar-refractivity contribution is 5.84. The normalized spacial score (nSPS) is 12.9. The van der Waals surface area contributed by atoms with Gasteiger partial charge in [0.2, 0.25) is 0 Å². The summed E-state index contributed by atoms with van der Waals surface area (Å²) >= 11 is 0. The molecule has 0 spiro atoms. The SMILES string of the molecule is [C-]#[N+]/C(C#N)=c1\ccc2c/c(=C(/C)C#N)ccc2c1. The summed E-state index contributed by atoms with van der Waals surface area (Å²) in [7, 11) is 0. The summed E-state index contributed by atoms with van der Waals surface area (Å²) in [5.41, 5.74) is 0.752. The highest BCUT2D eigenvalue weighted by atomic mass is 14.7. The van der Waals surface area contributed by atoms with Crippen molar-refractivity contribution in [3.63, 3.8) is 0 Å². The average molecular weight is 243 g/mol. The average Bonchev–Trinajstić information content (AvgIpc) is 2.47. The van der Waals surface area contributed by atoms with E-state index in [4.69, 9.17) is 17.1 Å². The summed E-state index contributed by atoms with van der Waals surface area (Å²) < 4.78 is 0. The van der Waals surface area contributed by atoms with Crippen LogP contribution in [0.5, 0.6) is 0 Å². The van der Waals surface area contributed by atoms with Gasteiger partial charge in [0.15, 0.2) is 0 Å². The van der Waals surface area contributed by atoms with E-state index in [1.54, 1.807) is 13.0 Å². The van der Waals surface area contributed by atoms with Gasteiger partial charge in [-0.05, 0) is 34.2 Å². The summed E-state index contributed by atoms with van der Waals surface area (Å²) in [6, 6.07) is 15.1. The van der Waals surface area contributed by atoms with E-state index in [1.807, 2.05) is 36.4 Å². The molecule has 3 nitrogen and oxygen atoms in total. The van der Waals surface area contributed by atoms with Crippen LogP contribution in [0.15, 0.2) is 36.4 Å². The van der Waals surface area contributed by atoms with Crippen molar-refractivity contribution in [2.45, 2.75) is 6.92 Å². The summed E-state index contributed by atoms with van der Waals surface area (Å²) in [5.74, 6) is 0. The van der Waals surface area contributed by atoms with Crippen molar-refractivity contribution in [1.29, 1.82) is 10.5 Å². The van der Waals surface area contributed by atoms with Crippen LogP contribution in [0.25, 0.3) is 26.9 Å². The largest absolute Gasteiger partial charge is 0.268 e. The van der Waals surface area contributed by atoms with Crippen LogP contribution in [0.3, 0.4) is 0 Å². The second-order valence-corrected chi connectivity index (χ2v) is 4.09. The minimum Gasteiger partial charge on any atom is -0.226 e. The number of benzene rings is 2. The predicted molar refractivity (Wildman–Crippen MR) is 73.5 cm³/mol. The molecule has 0 bridgehead atoms. The fraction of sp³-hybridized carbons (Fsp3) is 0.0625. The number of nitrogens with zero attached hydrogens (tertiary/aromatic N) is 3. The molecule has 0 aromatic heterocycles. The van der Waals surface area contributed by atoms with Gasteiger partial charge in [-0.2, -0.15) is 5.26 Å². The van der Waals surface area contributed by atoms with Gasteiger partial charge in [-0.15, -0.1) is 0 Å². The molecule has 0 amide bonds. The first kappa shape index (κ1) is 12.4. The van der Waals surface area contributed by atoms with E-state index in [0.717, 1.165) is 16.0 Å². The molecule has 19 heavy (non-hydrogen) atoms. The van der Waals surface area contributed by atoms with Gasteiger partial charge in [-0.25, -0.2) is 10.1 Å². The molecule has 0 aliphatic heterocycles. The second-order valence-electron chi connectivity index (χ2n) is 4.09. The van der Waals surface area contributed by atoms with Gasteiger partial charge in [-0.3, -0.25) is 0 Å². The summed E-state index contributed by atoms with van der Waals surface area (Å²) in [6.45, 7) is 8.72. The van der Waals surface area contributed by atoms with Gasteiger partial charge in [-0.1, -0.05) is 30.3 Å². The molecule has 0 saturated heterocycles. The zero-order chi connectivity index (χ0) is 13.8. The van der Waals surface area contributed by atoms with E-state index in [0.29, 0.717) is 10.8 Å². The Balaban J connectivity index is 2.82. The Morgan fingerprint density at radius 3 is 2.11 bits per heavy atom. The Morgan fingerprint density at radius 2 is 1.58 bits per heavy atom. The predicted octanol–water partition coefficient (Wildman–Crippen LogP) is 2.09. The molecule has 0 atom stereocenters. The maximum absolute atomic E-state index is 8.88. The molecule has 0 saturated carbocycles. The maximum Gasteiger partial charge on any atom is 0.268 e. The van der Waals surface area contributed by atoms with Crippen LogP contribution in [0, 0.1) is 29.2 Å². The zero-order valence-corrected chi connectivity index (χ0v) is 10.3. The standard InChI is InChI=1S/C16H9N3/c1-11(9-17)12-3-4-14-8-15(16(10-18)19-2)6-5-13(14)7-12/h3-8H,1H3/b12-11-,16-15+. The van der Waals surface area contributed by atoms with Crippen molar-refractivity contribution in [2.75, 3.05) is 0 Å². The third kappa shape index (κ3) is 2.29. The molecule has 88 valence electrons. The summed E-state index contributed by atoms with van der Waals surface area (Å²) in [4.78, 5) is 3.20. The number of fused-ring (bicyclic) bond motifs is 1. The van der Waals surface area contributed by atoms with Gasteiger partial charge in [0.25, 0.3) is 5.70 Å². The van der Waals surface area contributed by atoms with Gasteiger partial charge < -0.3 is 0 Å². The third-order valence-corrected chi connectivity index (χ3v) is 2.93. The van der Waals surface area contributed by atoms with Crippen molar-refractivity contribution in [3.8, 4) is 12.1 Å². The van der Waals surface area contributed by atoms with Gasteiger partial charge in [0, 0.05) is 5.57 Å². The van der Waals surface area contributed by atoms with Crippen molar-refractivity contribution < 1.29 is 0 Å². The Hall–Kier alpha value is -3.09. The minimum absolute atomic E-state index is 0.0887. The van der Waals surface area contributed by atoms with E-state index in [-0.39, 0.29) is 5.70 Å². The van der Waals surface area contributed by atoms with Crippen LogP contribution < -0.4 is 10.4 Å². The van der Waals surface area contributed by atoms with Crippen LogP contribution in [-0.2, 0) is 0 Å². The molecular formula is C16H9N3. The molecule has 3 heteroatoms. The fourth-order valence-corrected chi connectivity index (χ4v) is 1.84. The number of hydrogen-bond acceptors (Lipinski definition) is 2. The molecule has 0 fully saturated rings. The van der Waals surface area contributed by atoms with Gasteiger partial charge in [0.05, 0.1) is 18.7 Å². The van der Waals surface area contributed by atoms with E-state index >= 15 is 0 Å². The first-order valence-electron chi connectivity index (χ1n) is 5.62. The van der Waals surface area contributed by atoms with Crippen molar-refractivity contribution >= 4 is 22.0 Å². The summed E-state index contributed by atoms with van der Waals surface area (Å²) in [6.07, 6.45) is 0. The van der Waals surface area contributed by atoms with E-state index in [1.165, 1.54) is 0 Å². The molecule has 2 rings (SSSR count). The van der Waals surface area contributed by atoms with E-state index in [2.05, 4.69) is 10.9 Å². The monoisotopic (exact) mass is 243 g/mol. The molecule has 0 N–H and O–H groups in total. The van der Waals surface area contributed by atoms with E-state index < -0.39 is 0 Å². The summed E-state index contributed by atoms with van der Waals surface area (Å²) in [5, 5.41) is 21.2. The smallest absolute Gasteiger partial charge is 0.226 e. The van der Waals surface area contributed by atoms with Crippen LogP contribution >= 0.6 is 0 Å². The highest BCUT2D eigenvalue weighted by Crippen LogP contribution is 2.09. The molecule has 0 unspecified atom stereocenters. The topological polar surface area (TPSA) is 51.9 Å². The fourth-order valence-electron chi connectivity index (χ4n) is 1.84. The van der Waals surface area contributed by atoms with Crippen LogP contribution in [0.2, 0.25) is 0 Å². The Kier molecular flexibility index (Phi) is 3.29.